The number of aromatic nitrogens is 2. The van der Waals surface area contributed by atoms with Gasteiger partial charge in [-0.15, -0.1) is 0 Å². The van der Waals surface area contributed by atoms with Crippen LogP contribution in [0.15, 0.2) is 24.3 Å². The molecule has 1 aromatic carbocycles. The molecule has 160 valence electrons. The third-order valence-corrected chi connectivity index (χ3v) is 6.14. The van der Waals surface area contributed by atoms with Crippen LogP contribution in [0.3, 0.4) is 0 Å². The first-order valence-corrected chi connectivity index (χ1v) is 11.0. The molecular formula is C22H27ClFN5O. The van der Waals surface area contributed by atoms with Gasteiger partial charge < -0.3 is 15.5 Å². The fraction of sp³-hybridized carbons (Fsp3) is 0.500. The van der Waals surface area contributed by atoms with Crippen molar-refractivity contribution in [3.8, 4) is 0 Å². The van der Waals surface area contributed by atoms with Gasteiger partial charge in [0.05, 0.1) is 5.02 Å². The van der Waals surface area contributed by atoms with E-state index in [-0.39, 0.29) is 17.0 Å². The van der Waals surface area contributed by atoms with Crippen molar-refractivity contribution >= 4 is 29.1 Å². The van der Waals surface area contributed by atoms with Gasteiger partial charge in [-0.1, -0.05) is 11.6 Å². The predicted molar refractivity (Wildman–Crippen MR) is 117 cm³/mol. The molecule has 2 heterocycles. The van der Waals surface area contributed by atoms with Crippen molar-refractivity contribution in [3.63, 3.8) is 0 Å². The first-order valence-electron chi connectivity index (χ1n) is 10.6. The molecular weight excluding hydrogens is 405 g/mol. The smallest absolute Gasteiger partial charge is 0.251 e. The quantitative estimate of drug-likeness (QED) is 0.737. The van der Waals surface area contributed by atoms with Gasteiger partial charge in [0.1, 0.15) is 23.3 Å². The molecule has 30 heavy (non-hydrogen) atoms. The lowest BCUT2D eigenvalue weighted by Crippen LogP contribution is -2.40. The van der Waals surface area contributed by atoms with E-state index < -0.39 is 5.82 Å². The van der Waals surface area contributed by atoms with Gasteiger partial charge in [0.15, 0.2) is 0 Å². The zero-order chi connectivity index (χ0) is 21.1. The molecule has 2 aromatic rings. The number of carbonyl (C=O) groups is 1. The largest absolute Gasteiger partial charge is 0.367 e. The number of hydrogen-bond acceptors (Lipinski definition) is 5. The van der Waals surface area contributed by atoms with E-state index in [1.165, 1.54) is 31.0 Å². The van der Waals surface area contributed by atoms with Gasteiger partial charge in [0.25, 0.3) is 5.91 Å². The Kier molecular flexibility index (Phi) is 6.37. The average Bonchev–Trinajstić information content (AvgIpc) is 3.26. The molecule has 4 rings (SSSR count). The van der Waals surface area contributed by atoms with E-state index >= 15 is 0 Å². The zero-order valence-corrected chi connectivity index (χ0v) is 17.9. The number of halogens is 2. The van der Waals surface area contributed by atoms with Crippen molar-refractivity contribution in [3.05, 3.63) is 46.5 Å². The first kappa shape index (κ1) is 20.8. The number of nitrogens with one attached hydrogen (secondary N) is 2. The molecule has 0 radical (unpaired) electrons. The average molecular weight is 432 g/mol. The molecule has 1 aliphatic carbocycles. The number of rotatable bonds is 5. The summed E-state index contributed by atoms with van der Waals surface area (Å²) in [6, 6.07) is 6.52. The van der Waals surface area contributed by atoms with Gasteiger partial charge in [-0.05, 0) is 63.6 Å². The molecule has 0 bridgehead atoms. The predicted octanol–water partition coefficient (Wildman–Crippen LogP) is 4.33. The van der Waals surface area contributed by atoms with E-state index in [9.17, 15) is 9.18 Å². The van der Waals surface area contributed by atoms with E-state index in [1.54, 1.807) is 0 Å². The van der Waals surface area contributed by atoms with Crippen LogP contribution in [-0.4, -0.2) is 41.0 Å². The van der Waals surface area contributed by atoms with E-state index in [4.69, 9.17) is 11.6 Å². The minimum atomic E-state index is -0.521. The number of benzene rings is 1. The van der Waals surface area contributed by atoms with Crippen LogP contribution in [0.2, 0.25) is 5.02 Å². The van der Waals surface area contributed by atoms with Crippen molar-refractivity contribution in [2.75, 3.05) is 23.3 Å². The summed E-state index contributed by atoms with van der Waals surface area (Å²) in [7, 11) is 0. The van der Waals surface area contributed by atoms with Crippen molar-refractivity contribution in [2.45, 2.75) is 57.5 Å². The summed E-state index contributed by atoms with van der Waals surface area (Å²) in [4.78, 5) is 23.9. The Hall–Kier alpha value is -2.41. The van der Waals surface area contributed by atoms with Crippen LogP contribution in [0.4, 0.5) is 16.0 Å². The molecule has 6 nitrogen and oxygen atoms in total. The van der Waals surface area contributed by atoms with Crippen LogP contribution in [0.1, 0.15) is 54.7 Å². The summed E-state index contributed by atoms with van der Waals surface area (Å²) in [5, 5.41) is 6.56. The molecule has 0 spiro atoms. The van der Waals surface area contributed by atoms with Crippen LogP contribution in [0.5, 0.6) is 0 Å². The van der Waals surface area contributed by atoms with Crippen molar-refractivity contribution in [1.29, 1.82) is 0 Å². The maximum Gasteiger partial charge on any atom is 0.251 e. The summed E-state index contributed by atoms with van der Waals surface area (Å²) < 4.78 is 13.3. The topological polar surface area (TPSA) is 70.2 Å². The molecule has 2 fully saturated rings. The standard InChI is InChI=1S/C22H27ClFN5O/c1-14-25-20(13-21(26-14)29-10-2-3-11-29)27-16-5-7-17(8-6-16)28-22(30)15-4-9-19(24)18(23)12-15/h4,9,12-13,16-17H,2-3,5-8,10-11H2,1H3,(H,28,30)(H,25,26,27)/t16-,17+. The SMILES string of the molecule is Cc1nc(N[C@H]2CC[C@@H](NC(=O)c3ccc(F)c(Cl)c3)CC2)cc(N2CCCC2)n1. The van der Waals surface area contributed by atoms with Crippen molar-refractivity contribution < 1.29 is 9.18 Å². The third-order valence-electron chi connectivity index (χ3n) is 5.85. The van der Waals surface area contributed by atoms with Crippen LogP contribution in [0, 0.1) is 12.7 Å². The van der Waals surface area contributed by atoms with Crippen molar-refractivity contribution in [2.24, 2.45) is 0 Å². The summed E-state index contributed by atoms with van der Waals surface area (Å²) in [6.45, 7) is 4.04. The Labute approximate surface area is 181 Å². The molecule has 0 atom stereocenters. The summed E-state index contributed by atoms with van der Waals surface area (Å²) in [5.41, 5.74) is 0.382. The number of hydrogen-bond donors (Lipinski definition) is 2. The van der Waals surface area contributed by atoms with Gasteiger partial charge in [0, 0.05) is 36.8 Å². The number of nitrogens with zero attached hydrogens (tertiary/aromatic N) is 3. The van der Waals surface area contributed by atoms with E-state index in [1.807, 2.05) is 13.0 Å². The second-order valence-electron chi connectivity index (χ2n) is 8.15. The van der Waals surface area contributed by atoms with E-state index in [0.29, 0.717) is 11.6 Å². The maximum atomic E-state index is 13.3. The molecule has 2 aliphatic rings. The summed E-state index contributed by atoms with van der Waals surface area (Å²) in [6.07, 6.45) is 6.06. The highest BCUT2D eigenvalue weighted by molar-refractivity contribution is 6.31. The number of anilines is 2. The van der Waals surface area contributed by atoms with E-state index in [0.717, 1.165) is 56.2 Å². The lowest BCUT2D eigenvalue weighted by Gasteiger charge is -2.30. The Morgan fingerprint density at radius 2 is 1.80 bits per heavy atom. The highest BCUT2D eigenvalue weighted by Crippen LogP contribution is 2.25. The third kappa shape index (κ3) is 5.01. The Bertz CT molecular complexity index is 910. The van der Waals surface area contributed by atoms with Gasteiger partial charge in [-0.3, -0.25) is 4.79 Å². The monoisotopic (exact) mass is 431 g/mol. The minimum Gasteiger partial charge on any atom is -0.367 e. The van der Waals surface area contributed by atoms with Gasteiger partial charge in [-0.25, -0.2) is 14.4 Å². The molecule has 0 unspecified atom stereocenters. The van der Waals surface area contributed by atoms with Crippen LogP contribution in [-0.2, 0) is 0 Å². The van der Waals surface area contributed by atoms with E-state index in [2.05, 4.69) is 25.5 Å². The normalized spacial score (nSPS) is 21.5. The fourth-order valence-corrected chi connectivity index (χ4v) is 4.41. The number of aryl methyl sites for hydroxylation is 1. The molecule has 2 N–H and O–H groups in total. The summed E-state index contributed by atoms with van der Waals surface area (Å²) >= 11 is 5.78. The van der Waals surface area contributed by atoms with Crippen molar-refractivity contribution in [1.82, 2.24) is 15.3 Å². The maximum absolute atomic E-state index is 13.3. The number of amides is 1. The van der Waals surface area contributed by atoms with Crippen LogP contribution < -0.4 is 15.5 Å². The van der Waals surface area contributed by atoms with Gasteiger partial charge >= 0.3 is 0 Å². The lowest BCUT2D eigenvalue weighted by atomic mass is 9.91. The Morgan fingerprint density at radius 3 is 2.50 bits per heavy atom. The van der Waals surface area contributed by atoms with Gasteiger partial charge in [0.2, 0.25) is 0 Å². The molecule has 1 aromatic heterocycles. The molecule has 1 amide bonds. The second kappa shape index (κ2) is 9.16. The lowest BCUT2D eigenvalue weighted by molar-refractivity contribution is 0.0926. The molecule has 1 aliphatic heterocycles. The summed E-state index contributed by atoms with van der Waals surface area (Å²) in [5.74, 6) is 1.92. The second-order valence-corrected chi connectivity index (χ2v) is 8.56. The highest BCUT2D eigenvalue weighted by Gasteiger charge is 2.24. The van der Waals surface area contributed by atoms with Crippen LogP contribution in [0.25, 0.3) is 0 Å². The van der Waals surface area contributed by atoms with Crippen LogP contribution >= 0.6 is 11.6 Å². The zero-order valence-electron chi connectivity index (χ0n) is 17.1. The highest BCUT2D eigenvalue weighted by atomic mass is 35.5. The fourth-order valence-electron chi connectivity index (χ4n) is 4.23. The van der Waals surface area contributed by atoms with Gasteiger partial charge in [-0.2, -0.15) is 0 Å². The molecule has 1 saturated carbocycles. The first-order chi connectivity index (χ1) is 14.5. The Balaban J connectivity index is 1.30. The minimum absolute atomic E-state index is 0.0380. The molecule has 1 saturated heterocycles. The Morgan fingerprint density at radius 1 is 1.10 bits per heavy atom. The molecule has 8 heteroatoms. The number of carbonyl (C=O) groups excluding carboxylic acids is 1.